The van der Waals surface area contributed by atoms with Crippen LogP contribution in [-0.4, -0.2) is 25.2 Å². The molecule has 0 aliphatic carbocycles. The standard InChI is InChI=1S/C15H32BNO2Si/c1-12(2)20(13(3)4,14(5)6)15(7,11-17)9-8-10-16(18)19/h12-14,18-19H,8-10H2,1-7H3. The monoisotopic (exact) mass is 297 g/mol. The first kappa shape index (κ1) is 19.7. The Morgan fingerprint density at radius 2 is 1.45 bits per heavy atom. The number of nitrogens with zero attached hydrogens (tertiary/aromatic N) is 1. The molecular weight excluding hydrogens is 265 g/mol. The molecule has 0 heterocycles. The lowest BCUT2D eigenvalue weighted by Crippen LogP contribution is -2.54. The first-order valence-corrected chi connectivity index (χ1v) is 10.1. The molecule has 0 aromatic heterocycles. The van der Waals surface area contributed by atoms with Crippen molar-refractivity contribution in [3.63, 3.8) is 0 Å². The molecule has 0 fully saturated rings. The molecule has 0 aromatic carbocycles. The molecule has 5 heteroatoms. The van der Waals surface area contributed by atoms with Gasteiger partial charge in [0.25, 0.3) is 0 Å². The topological polar surface area (TPSA) is 64.2 Å². The zero-order chi connectivity index (χ0) is 16.1. The molecule has 0 aromatic rings. The number of nitriles is 1. The molecule has 2 N–H and O–H groups in total. The quantitative estimate of drug-likeness (QED) is 0.660. The smallest absolute Gasteiger partial charge is 0.427 e. The Kier molecular flexibility index (Phi) is 7.51. The summed E-state index contributed by atoms with van der Waals surface area (Å²) in [6.07, 6.45) is 1.82. The van der Waals surface area contributed by atoms with Crippen LogP contribution in [0.3, 0.4) is 0 Å². The summed E-state index contributed by atoms with van der Waals surface area (Å²) in [6.45, 7) is 15.7. The third kappa shape index (κ3) is 3.66. The van der Waals surface area contributed by atoms with Crippen LogP contribution in [0.1, 0.15) is 61.3 Å². The van der Waals surface area contributed by atoms with E-state index >= 15 is 0 Å². The molecular formula is C15H32BNO2Si. The lowest BCUT2D eigenvalue weighted by Gasteiger charge is -2.52. The predicted octanol–water partition coefficient (Wildman–Crippen LogP) is 4.20. The summed E-state index contributed by atoms with van der Waals surface area (Å²) in [5, 5.41) is 27.6. The Balaban J connectivity index is 5.54. The highest BCUT2D eigenvalue weighted by Crippen LogP contribution is 2.58. The molecule has 0 aliphatic heterocycles. The van der Waals surface area contributed by atoms with Crippen molar-refractivity contribution in [3.05, 3.63) is 0 Å². The van der Waals surface area contributed by atoms with Crippen molar-refractivity contribution in [2.75, 3.05) is 0 Å². The molecule has 20 heavy (non-hydrogen) atoms. The minimum Gasteiger partial charge on any atom is -0.427 e. The second kappa shape index (κ2) is 7.63. The Hall–Kier alpha value is -0.308. The van der Waals surface area contributed by atoms with Gasteiger partial charge in [0.1, 0.15) is 0 Å². The van der Waals surface area contributed by atoms with Crippen molar-refractivity contribution in [3.8, 4) is 6.07 Å². The lowest BCUT2D eigenvalue weighted by atomic mass is 9.82. The van der Waals surface area contributed by atoms with E-state index in [4.69, 9.17) is 10.0 Å². The number of hydrogen-bond donors (Lipinski definition) is 2. The van der Waals surface area contributed by atoms with Gasteiger partial charge in [-0.1, -0.05) is 48.0 Å². The number of hydrogen-bond acceptors (Lipinski definition) is 3. The highest BCUT2D eigenvalue weighted by atomic mass is 28.3. The van der Waals surface area contributed by atoms with Gasteiger partial charge in [-0.05, 0) is 36.3 Å². The van der Waals surface area contributed by atoms with Gasteiger partial charge in [0.2, 0.25) is 0 Å². The van der Waals surface area contributed by atoms with Crippen LogP contribution in [0.15, 0.2) is 0 Å². The lowest BCUT2D eigenvalue weighted by molar-refractivity contribution is 0.400. The molecule has 0 amide bonds. The average molecular weight is 297 g/mol. The van der Waals surface area contributed by atoms with Gasteiger partial charge in [0, 0.05) is 5.04 Å². The summed E-state index contributed by atoms with van der Waals surface area (Å²) in [5.74, 6) is 0. The molecule has 0 aliphatic rings. The predicted molar refractivity (Wildman–Crippen MR) is 89.3 cm³/mol. The first-order valence-electron chi connectivity index (χ1n) is 7.83. The van der Waals surface area contributed by atoms with Gasteiger partial charge in [-0.25, -0.2) is 0 Å². The van der Waals surface area contributed by atoms with Crippen molar-refractivity contribution >= 4 is 15.2 Å². The third-order valence-electron chi connectivity index (χ3n) is 5.21. The molecule has 1 unspecified atom stereocenters. The molecule has 0 spiro atoms. The van der Waals surface area contributed by atoms with Gasteiger partial charge in [-0.15, -0.1) is 0 Å². The number of rotatable bonds is 8. The Morgan fingerprint density at radius 3 is 1.70 bits per heavy atom. The Bertz CT molecular complexity index is 317. The summed E-state index contributed by atoms with van der Waals surface area (Å²) in [5.41, 5.74) is 1.60. The largest absolute Gasteiger partial charge is 0.451 e. The molecule has 0 bridgehead atoms. The maximum absolute atomic E-state index is 9.89. The van der Waals surface area contributed by atoms with Gasteiger partial charge in [0.15, 0.2) is 0 Å². The van der Waals surface area contributed by atoms with Gasteiger partial charge < -0.3 is 10.0 Å². The second-order valence-electron chi connectivity index (χ2n) is 7.21. The van der Waals surface area contributed by atoms with Crippen molar-refractivity contribution in [2.45, 2.75) is 89.3 Å². The van der Waals surface area contributed by atoms with Crippen LogP contribution in [0.4, 0.5) is 0 Å². The molecule has 0 radical (unpaired) electrons. The average Bonchev–Trinajstić information content (AvgIpc) is 2.27. The van der Waals surface area contributed by atoms with E-state index in [1.807, 2.05) is 0 Å². The van der Waals surface area contributed by atoms with Crippen molar-refractivity contribution in [1.82, 2.24) is 0 Å². The van der Waals surface area contributed by atoms with Gasteiger partial charge in [-0.3, -0.25) is 0 Å². The fraction of sp³-hybridized carbons (Fsp3) is 0.933. The maximum Gasteiger partial charge on any atom is 0.451 e. The van der Waals surface area contributed by atoms with E-state index in [1.165, 1.54) is 0 Å². The van der Waals surface area contributed by atoms with E-state index in [2.05, 4.69) is 54.5 Å². The summed E-state index contributed by atoms with van der Waals surface area (Å²) < 4.78 is 0. The summed E-state index contributed by atoms with van der Waals surface area (Å²) >= 11 is 0. The minimum absolute atomic E-state index is 0.321. The van der Waals surface area contributed by atoms with Crippen molar-refractivity contribution in [2.24, 2.45) is 0 Å². The second-order valence-corrected chi connectivity index (χ2v) is 13.6. The zero-order valence-electron chi connectivity index (χ0n) is 14.3. The van der Waals surface area contributed by atoms with Crippen LogP contribution in [0, 0.1) is 11.3 Å². The molecule has 3 nitrogen and oxygen atoms in total. The fourth-order valence-corrected chi connectivity index (χ4v) is 13.5. The van der Waals surface area contributed by atoms with E-state index < -0.39 is 15.2 Å². The normalized spacial score (nSPS) is 15.6. The summed E-state index contributed by atoms with van der Waals surface area (Å²) in [7, 11) is -3.14. The maximum atomic E-state index is 9.89. The zero-order valence-corrected chi connectivity index (χ0v) is 15.3. The molecule has 0 rings (SSSR count). The van der Waals surface area contributed by atoms with Crippen LogP contribution in [0.25, 0.3) is 0 Å². The highest BCUT2D eigenvalue weighted by molar-refractivity contribution is 6.86. The van der Waals surface area contributed by atoms with Crippen LogP contribution in [0.2, 0.25) is 28.0 Å². The van der Waals surface area contributed by atoms with Crippen molar-refractivity contribution < 1.29 is 10.0 Å². The van der Waals surface area contributed by atoms with Gasteiger partial charge >= 0.3 is 7.12 Å². The van der Waals surface area contributed by atoms with Crippen LogP contribution >= 0.6 is 0 Å². The van der Waals surface area contributed by atoms with E-state index in [-0.39, 0.29) is 5.04 Å². The summed E-state index contributed by atoms with van der Waals surface area (Å²) in [4.78, 5) is 0. The van der Waals surface area contributed by atoms with Crippen LogP contribution < -0.4 is 0 Å². The van der Waals surface area contributed by atoms with E-state index in [0.29, 0.717) is 29.4 Å². The molecule has 116 valence electrons. The molecule has 0 saturated carbocycles. The van der Waals surface area contributed by atoms with Crippen LogP contribution in [0.5, 0.6) is 0 Å². The van der Waals surface area contributed by atoms with Crippen LogP contribution in [-0.2, 0) is 0 Å². The minimum atomic E-state index is -1.88. The fourth-order valence-electron chi connectivity index (χ4n) is 4.92. The Labute approximate surface area is 126 Å². The Morgan fingerprint density at radius 1 is 1.05 bits per heavy atom. The van der Waals surface area contributed by atoms with E-state index in [9.17, 15) is 5.26 Å². The van der Waals surface area contributed by atoms with E-state index in [1.54, 1.807) is 0 Å². The van der Waals surface area contributed by atoms with Crippen molar-refractivity contribution in [1.29, 1.82) is 5.26 Å². The van der Waals surface area contributed by atoms with Gasteiger partial charge in [0.05, 0.1) is 14.1 Å². The summed E-state index contributed by atoms with van der Waals surface area (Å²) in [6, 6.07) is 2.64. The SMILES string of the molecule is CC(C)[Si](C(C)C)(C(C)C)C(C)(C#N)CCCB(O)O. The highest BCUT2D eigenvalue weighted by Gasteiger charge is 2.56. The molecule has 1 atom stereocenters. The first-order chi connectivity index (χ1) is 9.06. The van der Waals surface area contributed by atoms with Gasteiger partial charge in [-0.2, -0.15) is 5.26 Å². The molecule has 0 saturated heterocycles. The third-order valence-corrected chi connectivity index (χ3v) is 13.2. The van der Waals surface area contributed by atoms with E-state index in [0.717, 1.165) is 6.42 Å².